The van der Waals surface area contributed by atoms with Crippen LogP contribution in [0.4, 0.5) is 0 Å². The first-order valence-electron chi connectivity index (χ1n) is 20.2. The van der Waals surface area contributed by atoms with E-state index in [1.807, 2.05) is 91.0 Å². The number of hydrogen-bond donors (Lipinski definition) is 0. The average Bonchev–Trinajstić information content (AvgIpc) is 3.84. The topological polar surface area (TPSA) is 56.7 Å². The third-order valence-corrected chi connectivity index (χ3v) is 10.1. The Hall–Kier alpha value is -7.37. The van der Waals surface area contributed by atoms with Gasteiger partial charge in [0, 0.05) is 43.9 Å². The molecule has 252 valence electrons. The van der Waals surface area contributed by atoms with E-state index in [0.717, 1.165) is 54.8 Å². The maximum atomic E-state index is 8.86. The molecule has 0 fully saturated rings. The lowest BCUT2D eigenvalue weighted by molar-refractivity contribution is 0.670. The lowest BCUT2D eigenvalue weighted by Crippen LogP contribution is -2.01. The highest BCUT2D eigenvalue weighted by Crippen LogP contribution is 2.43. The second-order valence-corrected chi connectivity index (χ2v) is 13.3. The molecule has 11 aromatic rings. The predicted octanol–water partition coefficient (Wildman–Crippen LogP) is 12.7. The highest BCUT2D eigenvalue weighted by molar-refractivity contribution is 6.15. The minimum absolute atomic E-state index is 0.0648. The van der Waals surface area contributed by atoms with Gasteiger partial charge in [0.1, 0.15) is 11.2 Å². The molecule has 0 aliphatic rings. The Morgan fingerprint density at radius 1 is 0.426 bits per heavy atom. The first kappa shape index (κ1) is 25.6. The van der Waals surface area contributed by atoms with Crippen molar-refractivity contribution in [1.82, 2.24) is 19.5 Å². The fourth-order valence-corrected chi connectivity index (χ4v) is 7.63. The SMILES string of the molecule is [2H]c1c([2H])c([2H])c(-c2cccc3c2oc2c(-c4nc(-c5ccccc5)nc(-c5ccc6ccccc6c5)n4)cc(-n4c5ccccc5c5ccccc54)cc23)c([2H])c1[2H]. The smallest absolute Gasteiger partial charge is 0.167 e. The molecule has 0 saturated carbocycles. The second kappa shape index (κ2) is 12.1. The average molecular weight is 696 g/mol. The summed E-state index contributed by atoms with van der Waals surface area (Å²) in [5, 5.41) is 5.83. The molecular weight excluding hydrogens is 661 g/mol. The zero-order valence-corrected chi connectivity index (χ0v) is 28.6. The molecule has 5 heteroatoms. The van der Waals surface area contributed by atoms with Crippen molar-refractivity contribution in [1.29, 1.82) is 0 Å². The van der Waals surface area contributed by atoms with Gasteiger partial charge >= 0.3 is 0 Å². The molecule has 0 N–H and O–H groups in total. The van der Waals surface area contributed by atoms with Gasteiger partial charge in [0.2, 0.25) is 0 Å². The van der Waals surface area contributed by atoms with Crippen molar-refractivity contribution < 1.29 is 11.3 Å². The number of aromatic nitrogens is 4. The van der Waals surface area contributed by atoms with Crippen molar-refractivity contribution >= 4 is 54.5 Å². The fourth-order valence-electron chi connectivity index (χ4n) is 7.63. The van der Waals surface area contributed by atoms with Crippen LogP contribution in [0.2, 0.25) is 0 Å². The second-order valence-electron chi connectivity index (χ2n) is 13.3. The lowest BCUT2D eigenvalue weighted by atomic mass is 10.0. The largest absolute Gasteiger partial charge is 0.455 e. The first-order valence-corrected chi connectivity index (χ1v) is 17.7. The van der Waals surface area contributed by atoms with E-state index in [4.69, 9.17) is 26.2 Å². The Balaban J connectivity index is 1.26. The summed E-state index contributed by atoms with van der Waals surface area (Å²) in [5.74, 6) is 1.37. The number of benzene rings is 8. The predicted molar refractivity (Wildman–Crippen MR) is 221 cm³/mol. The molecule has 0 saturated heterocycles. The molecule has 0 unspecified atom stereocenters. The van der Waals surface area contributed by atoms with Gasteiger partial charge in [-0.3, -0.25) is 0 Å². The Kier molecular flexibility index (Phi) is 5.73. The molecule has 0 atom stereocenters. The van der Waals surface area contributed by atoms with Crippen LogP contribution >= 0.6 is 0 Å². The quantitative estimate of drug-likeness (QED) is 0.180. The van der Waals surface area contributed by atoms with Crippen LogP contribution in [0.15, 0.2) is 186 Å². The third kappa shape index (κ3) is 4.83. The van der Waals surface area contributed by atoms with Crippen molar-refractivity contribution in [3.63, 3.8) is 0 Å². The minimum Gasteiger partial charge on any atom is -0.455 e. The Morgan fingerprint density at radius 2 is 1.06 bits per heavy atom. The molecule has 0 aliphatic heterocycles. The number of nitrogens with zero attached hydrogens (tertiary/aromatic N) is 4. The highest BCUT2D eigenvalue weighted by Gasteiger charge is 2.22. The maximum Gasteiger partial charge on any atom is 0.167 e. The molecule has 54 heavy (non-hydrogen) atoms. The highest BCUT2D eigenvalue weighted by atomic mass is 16.3. The van der Waals surface area contributed by atoms with Crippen LogP contribution < -0.4 is 0 Å². The van der Waals surface area contributed by atoms with E-state index in [-0.39, 0.29) is 17.6 Å². The monoisotopic (exact) mass is 695 g/mol. The Morgan fingerprint density at radius 3 is 1.83 bits per heavy atom. The van der Waals surface area contributed by atoms with Crippen molar-refractivity contribution in [2.24, 2.45) is 0 Å². The first-order chi connectivity index (χ1) is 28.8. The molecule has 8 aromatic carbocycles. The van der Waals surface area contributed by atoms with Crippen LogP contribution in [-0.4, -0.2) is 19.5 Å². The van der Waals surface area contributed by atoms with Gasteiger partial charge in [-0.25, -0.2) is 15.0 Å². The van der Waals surface area contributed by atoms with E-state index in [0.29, 0.717) is 45.2 Å². The van der Waals surface area contributed by atoms with Gasteiger partial charge in [0.05, 0.1) is 23.5 Å². The lowest BCUT2D eigenvalue weighted by Gasteiger charge is -2.13. The molecule has 0 amide bonds. The van der Waals surface area contributed by atoms with Crippen LogP contribution in [0, 0.1) is 0 Å². The summed E-state index contributed by atoms with van der Waals surface area (Å²) in [6, 6.07) is 48.5. The number of para-hydroxylation sites is 3. The molecule has 5 nitrogen and oxygen atoms in total. The fraction of sp³-hybridized carbons (Fsp3) is 0. The maximum absolute atomic E-state index is 8.86. The molecule has 0 aliphatic carbocycles. The third-order valence-electron chi connectivity index (χ3n) is 10.1. The summed E-state index contributed by atoms with van der Waals surface area (Å²) in [4.78, 5) is 15.4. The standard InChI is InChI=1S/C49H30N4O/c1-3-15-32(16-4-1)37-22-13-23-40-41-29-36(53-43-24-11-9-20-38(43)39-21-10-12-25-44(39)53)30-42(46(41)54-45(37)40)49-51-47(33-17-5-2-6-18-33)50-48(52-49)35-27-26-31-14-7-8-19-34(31)28-35/h1-30H/i1D,3D,4D,15D,16D. The summed E-state index contributed by atoms with van der Waals surface area (Å²) in [6.07, 6.45) is 0. The van der Waals surface area contributed by atoms with Crippen molar-refractivity contribution in [3.8, 4) is 51.0 Å². The van der Waals surface area contributed by atoms with E-state index in [2.05, 4.69) is 59.2 Å². The normalized spacial score (nSPS) is 13.0. The summed E-state index contributed by atoms with van der Waals surface area (Å²) in [7, 11) is 0. The van der Waals surface area contributed by atoms with Gasteiger partial charge in [-0.1, -0.05) is 152 Å². The van der Waals surface area contributed by atoms with Crippen LogP contribution in [-0.2, 0) is 0 Å². The number of rotatable bonds is 5. The van der Waals surface area contributed by atoms with Gasteiger partial charge in [0.15, 0.2) is 17.5 Å². The van der Waals surface area contributed by atoms with E-state index in [9.17, 15) is 0 Å². The van der Waals surface area contributed by atoms with Crippen LogP contribution in [0.3, 0.4) is 0 Å². The molecule has 3 heterocycles. The van der Waals surface area contributed by atoms with Gasteiger partial charge in [-0.05, 0) is 46.7 Å². The van der Waals surface area contributed by atoms with Crippen LogP contribution in [0.1, 0.15) is 6.85 Å². The Bertz CT molecular complexity index is 3440. The van der Waals surface area contributed by atoms with Crippen LogP contribution in [0.25, 0.3) is 105 Å². The minimum atomic E-state index is -0.454. The van der Waals surface area contributed by atoms with E-state index < -0.39 is 18.1 Å². The van der Waals surface area contributed by atoms with E-state index >= 15 is 0 Å². The van der Waals surface area contributed by atoms with Crippen LogP contribution in [0.5, 0.6) is 0 Å². The zero-order chi connectivity index (χ0) is 39.9. The number of fused-ring (bicyclic) bond motifs is 7. The number of hydrogen-bond acceptors (Lipinski definition) is 4. The zero-order valence-electron chi connectivity index (χ0n) is 33.6. The molecule has 0 radical (unpaired) electrons. The van der Waals surface area contributed by atoms with Gasteiger partial charge in [0.25, 0.3) is 0 Å². The number of furan rings is 1. The molecule has 0 bridgehead atoms. The Labute approximate surface area is 317 Å². The van der Waals surface area contributed by atoms with E-state index in [1.54, 1.807) is 6.07 Å². The van der Waals surface area contributed by atoms with E-state index in [1.165, 1.54) is 0 Å². The van der Waals surface area contributed by atoms with Gasteiger partial charge in [-0.15, -0.1) is 0 Å². The summed E-state index contributed by atoms with van der Waals surface area (Å²) in [6.45, 7) is 0. The van der Waals surface area contributed by atoms with Gasteiger partial charge in [-0.2, -0.15) is 0 Å². The molecule has 0 spiro atoms. The molecule has 3 aromatic heterocycles. The molecular formula is C49H30N4O. The van der Waals surface area contributed by atoms with Gasteiger partial charge < -0.3 is 8.98 Å². The summed E-state index contributed by atoms with van der Waals surface area (Å²) >= 11 is 0. The summed E-state index contributed by atoms with van der Waals surface area (Å²) in [5.41, 5.74) is 6.45. The molecule has 11 rings (SSSR count). The van der Waals surface area contributed by atoms with Crippen molar-refractivity contribution in [2.75, 3.05) is 0 Å². The summed E-state index contributed by atoms with van der Waals surface area (Å²) < 4.78 is 52.0. The van der Waals surface area contributed by atoms with Crippen molar-refractivity contribution in [3.05, 3.63) is 182 Å². The van der Waals surface area contributed by atoms with Crippen molar-refractivity contribution in [2.45, 2.75) is 0 Å².